The van der Waals surface area contributed by atoms with Gasteiger partial charge in [-0.3, -0.25) is 0 Å². The van der Waals surface area contributed by atoms with Crippen molar-refractivity contribution in [1.82, 2.24) is 5.32 Å². The van der Waals surface area contributed by atoms with Gasteiger partial charge < -0.3 is 5.32 Å². The van der Waals surface area contributed by atoms with E-state index in [2.05, 4.69) is 24.3 Å². The van der Waals surface area contributed by atoms with Crippen molar-refractivity contribution < 1.29 is 0 Å². The summed E-state index contributed by atoms with van der Waals surface area (Å²) in [7, 11) is 0. The molecule has 0 aliphatic heterocycles. The Kier molecular flexibility index (Phi) is 5.89. The van der Waals surface area contributed by atoms with Crippen molar-refractivity contribution >= 4 is 0 Å². The summed E-state index contributed by atoms with van der Waals surface area (Å²) >= 11 is 0. The smallest absolute Gasteiger partial charge is 0.0783 e. The first-order valence-corrected chi connectivity index (χ1v) is 4.78. The third-order valence-electron chi connectivity index (χ3n) is 2.35. The highest BCUT2D eigenvalue weighted by Gasteiger charge is 2.19. The molecule has 0 fully saturated rings. The van der Waals surface area contributed by atoms with Crippen LogP contribution in [0.3, 0.4) is 0 Å². The zero-order chi connectivity index (χ0) is 9.45. The maximum Gasteiger partial charge on any atom is 0.0783 e. The summed E-state index contributed by atoms with van der Waals surface area (Å²) in [5.74, 6) is 0. The highest BCUT2D eigenvalue weighted by Crippen LogP contribution is 2.20. The van der Waals surface area contributed by atoms with Gasteiger partial charge in [-0.15, -0.1) is 0 Å². The van der Waals surface area contributed by atoms with Crippen LogP contribution in [0.5, 0.6) is 0 Å². The summed E-state index contributed by atoms with van der Waals surface area (Å²) in [5.41, 5.74) is 6.93. The van der Waals surface area contributed by atoms with E-state index in [1.807, 2.05) is 6.92 Å². The van der Waals surface area contributed by atoms with Gasteiger partial charge in [-0.25, -0.2) is 5.53 Å². The van der Waals surface area contributed by atoms with Crippen molar-refractivity contribution in [2.24, 2.45) is 5.11 Å². The second-order valence-corrected chi connectivity index (χ2v) is 3.42. The fourth-order valence-electron chi connectivity index (χ4n) is 1.08. The van der Waals surface area contributed by atoms with Crippen LogP contribution in [0.1, 0.15) is 40.0 Å². The van der Waals surface area contributed by atoms with Crippen molar-refractivity contribution in [2.45, 2.75) is 45.6 Å². The monoisotopic (exact) mass is 171 g/mol. The third kappa shape index (κ3) is 4.44. The molecule has 0 heterocycles. The Morgan fingerprint density at radius 3 is 2.50 bits per heavy atom. The summed E-state index contributed by atoms with van der Waals surface area (Å²) in [6, 6.07) is 0. The fourth-order valence-corrected chi connectivity index (χ4v) is 1.08. The molecule has 0 spiro atoms. The van der Waals surface area contributed by atoms with Crippen molar-refractivity contribution in [3.8, 4) is 0 Å². The molecular weight excluding hydrogens is 150 g/mol. The Morgan fingerprint density at radius 2 is 2.08 bits per heavy atom. The topological polar surface area (TPSA) is 48.2 Å². The van der Waals surface area contributed by atoms with Crippen LogP contribution < -0.4 is 5.32 Å². The van der Waals surface area contributed by atoms with E-state index in [1.165, 1.54) is 0 Å². The van der Waals surface area contributed by atoms with Gasteiger partial charge >= 0.3 is 0 Å². The molecule has 0 aliphatic rings. The Balaban J connectivity index is 3.51. The van der Waals surface area contributed by atoms with Crippen LogP contribution in [0.15, 0.2) is 5.11 Å². The molecule has 0 rings (SSSR count). The first kappa shape index (κ1) is 11.6. The Bertz CT molecular complexity index is 125. The summed E-state index contributed by atoms with van der Waals surface area (Å²) < 4.78 is 0. The quantitative estimate of drug-likeness (QED) is 0.449. The van der Waals surface area contributed by atoms with Crippen LogP contribution in [0.2, 0.25) is 0 Å². The molecule has 0 aromatic heterocycles. The van der Waals surface area contributed by atoms with Gasteiger partial charge in [0.05, 0.1) is 5.54 Å². The van der Waals surface area contributed by atoms with Crippen LogP contribution in [0.4, 0.5) is 0 Å². The van der Waals surface area contributed by atoms with Gasteiger partial charge in [0, 0.05) is 0 Å². The lowest BCUT2D eigenvalue weighted by Gasteiger charge is -2.20. The average molecular weight is 171 g/mol. The second kappa shape index (κ2) is 6.12. The van der Waals surface area contributed by atoms with E-state index in [-0.39, 0.29) is 5.54 Å². The molecule has 0 aliphatic carbocycles. The molecular formula is C9H21N3. The summed E-state index contributed by atoms with van der Waals surface area (Å²) in [4.78, 5) is 0. The third-order valence-corrected chi connectivity index (χ3v) is 2.35. The predicted octanol–water partition coefficient (Wildman–Crippen LogP) is 2.58. The fraction of sp³-hybridized carbons (Fsp3) is 1.00. The molecule has 1 unspecified atom stereocenters. The lowest BCUT2D eigenvalue weighted by Crippen LogP contribution is -2.23. The van der Waals surface area contributed by atoms with Crippen LogP contribution >= 0.6 is 0 Å². The van der Waals surface area contributed by atoms with Crippen molar-refractivity contribution in [2.75, 3.05) is 13.1 Å². The largest absolute Gasteiger partial charge is 0.317 e. The summed E-state index contributed by atoms with van der Waals surface area (Å²) in [6.07, 6.45) is 3.09. The Morgan fingerprint density at radius 1 is 1.42 bits per heavy atom. The molecule has 1 atom stereocenters. The van der Waals surface area contributed by atoms with E-state index in [1.54, 1.807) is 0 Å². The normalized spacial score (nSPS) is 15.6. The van der Waals surface area contributed by atoms with Crippen molar-refractivity contribution in [3.63, 3.8) is 0 Å². The standard InChI is InChI=1S/C9H21N3/c1-4-9(3,12-10)7-6-8-11-5-2/h10-11H,4-8H2,1-3H3. The van der Waals surface area contributed by atoms with Gasteiger partial charge in [0.15, 0.2) is 0 Å². The highest BCUT2D eigenvalue weighted by atomic mass is 15.0. The molecule has 3 nitrogen and oxygen atoms in total. The first-order chi connectivity index (χ1) is 5.68. The van der Waals surface area contributed by atoms with Gasteiger partial charge in [-0.1, -0.05) is 13.8 Å². The zero-order valence-corrected chi connectivity index (χ0v) is 8.48. The average Bonchev–Trinajstić information content (AvgIpc) is 2.12. The van der Waals surface area contributed by atoms with E-state index in [9.17, 15) is 0 Å². The highest BCUT2D eigenvalue weighted by molar-refractivity contribution is 4.78. The second-order valence-electron chi connectivity index (χ2n) is 3.42. The minimum absolute atomic E-state index is 0.116. The number of hydrogen-bond donors (Lipinski definition) is 2. The number of nitrogens with one attached hydrogen (secondary N) is 2. The molecule has 0 aromatic carbocycles. The molecule has 3 heteroatoms. The lowest BCUT2D eigenvalue weighted by atomic mass is 9.94. The van der Waals surface area contributed by atoms with E-state index in [0.717, 1.165) is 32.4 Å². The Hall–Kier alpha value is -0.440. The van der Waals surface area contributed by atoms with Gasteiger partial charge in [0.1, 0.15) is 0 Å². The molecule has 0 radical (unpaired) electrons. The number of hydrogen-bond acceptors (Lipinski definition) is 3. The number of nitrogens with zero attached hydrogens (tertiary/aromatic N) is 1. The Labute approximate surface area is 75.4 Å². The summed E-state index contributed by atoms with van der Waals surface area (Å²) in [5, 5.41) is 6.92. The van der Waals surface area contributed by atoms with Gasteiger partial charge in [-0.2, -0.15) is 5.11 Å². The SMILES string of the molecule is CCNCCCC(C)(CC)N=N. The molecule has 0 bridgehead atoms. The molecule has 0 aromatic rings. The van der Waals surface area contributed by atoms with E-state index >= 15 is 0 Å². The van der Waals surface area contributed by atoms with Crippen molar-refractivity contribution in [1.29, 1.82) is 5.53 Å². The van der Waals surface area contributed by atoms with E-state index in [0.29, 0.717) is 0 Å². The van der Waals surface area contributed by atoms with Gasteiger partial charge in [0.25, 0.3) is 0 Å². The molecule has 72 valence electrons. The van der Waals surface area contributed by atoms with Crippen LogP contribution in [-0.4, -0.2) is 18.6 Å². The maximum absolute atomic E-state index is 7.04. The molecule has 2 N–H and O–H groups in total. The van der Waals surface area contributed by atoms with Crippen molar-refractivity contribution in [3.05, 3.63) is 0 Å². The predicted molar refractivity (Wildman–Crippen MR) is 51.6 cm³/mol. The van der Waals surface area contributed by atoms with E-state index in [4.69, 9.17) is 5.53 Å². The van der Waals surface area contributed by atoms with Gasteiger partial charge in [-0.05, 0) is 39.3 Å². The van der Waals surface area contributed by atoms with Crippen LogP contribution in [0.25, 0.3) is 0 Å². The lowest BCUT2D eigenvalue weighted by molar-refractivity contribution is 0.379. The molecule has 12 heavy (non-hydrogen) atoms. The summed E-state index contributed by atoms with van der Waals surface area (Å²) in [6.45, 7) is 8.31. The van der Waals surface area contributed by atoms with Crippen LogP contribution in [-0.2, 0) is 0 Å². The molecule has 0 saturated carbocycles. The minimum Gasteiger partial charge on any atom is -0.317 e. The minimum atomic E-state index is -0.116. The zero-order valence-electron chi connectivity index (χ0n) is 8.48. The van der Waals surface area contributed by atoms with E-state index < -0.39 is 0 Å². The van der Waals surface area contributed by atoms with Crippen LogP contribution in [0, 0.1) is 5.53 Å². The van der Waals surface area contributed by atoms with Gasteiger partial charge in [0.2, 0.25) is 0 Å². The molecule has 0 saturated heterocycles. The maximum atomic E-state index is 7.04. The number of rotatable bonds is 7. The molecule has 0 amide bonds. The first-order valence-electron chi connectivity index (χ1n) is 4.78.